The first-order valence-electron chi connectivity index (χ1n) is 23.2. The van der Waals surface area contributed by atoms with E-state index >= 15 is 0 Å². The number of amides is 3. The smallest absolute Gasteiger partial charge is 0.303 e. The summed E-state index contributed by atoms with van der Waals surface area (Å²) >= 11 is 0. The molecule has 0 unspecified atom stereocenters. The van der Waals surface area contributed by atoms with Gasteiger partial charge in [0.15, 0.2) is 11.6 Å². The van der Waals surface area contributed by atoms with Crippen molar-refractivity contribution in [3.05, 3.63) is 0 Å². The Morgan fingerprint density at radius 1 is 0.452 bits per heavy atom. The van der Waals surface area contributed by atoms with Crippen molar-refractivity contribution < 1.29 is 67.8 Å². The zero-order chi connectivity index (χ0) is 45.9. The van der Waals surface area contributed by atoms with E-state index < -0.39 is 24.6 Å². The average molecular weight is 888 g/mol. The fourth-order valence-corrected chi connectivity index (χ4v) is 6.65. The normalized spacial score (nSPS) is 12.1. The Morgan fingerprint density at radius 2 is 0.935 bits per heavy atom. The van der Waals surface area contributed by atoms with Gasteiger partial charge in [0, 0.05) is 51.3 Å². The van der Waals surface area contributed by atoms with E-state index in [0.29, 0.717) is 38.6 Å². The van der Waals surface area contributed by atoms with Crippen LogP contribution >= 0.6 is 0 Å². The third kappa shape index (κ3) is 39.3. The maximum atomic E-state index is 12.8. The summed E-state index contributed by atoms with van der Waals surface area (Å²) in [6.45, 7) is 3.36. The van der Waals surface area contributed by atoms with Gasteiger partial charge >= 0.3 is 11.9 Å². The van der Waals surface area contributed by atoms with Crippen LogP contribution in [0.4, 0.5) is 0 Å². The molecule has 17 heteroatoms. The van der Waals surface area contributed by atoms with Crippen molar-refractivity contribution in [2.75, 3.05) is 72.6 Å². The third-order valence-electron chi connectivity index (χ3n) is 10.3. The highest BCUT2D eigenvalue weighted by Crippen LogP contribution is 2.15. The van der Waals surface area contributed by atoms with Gasteiger partial charge in [0.2, 0.25) is 17.7 Å². The van der Waals surface area contributed by atoms with E-state index in [4.69, 9.17) is 34.3 Å². The van der Waals surface area contributed by atoms with Crippen molar-refractivity contribution in [2.24, 2.45) is 5.92 Å². The molecular formula is C45H81N3O14. The predicted octanol–water partition coefficient (Wildman–Crippen LogP) is 5.07. The van der Waals surface area contributed by atoms with Crippen LogP contribution in [0.5, 0.6) is 0 Å². The van der Waals surface area contributed by atoms with Crippen LogP contribution in [0.2, 0.25) is 0 Å². The second kappa shape index (κ2) is 42.8. The number of carbonyl (C=O) groups is 7. The Morgan fingerprint density at radius 3 is 1.45 bits per heavy atom. The number of rotatable bonds is 47. The maximum absolute atomic E-state index is 12.8. The maximum Gasteiger partial charge on any atom is 0.303 e. The first-order chi connectivity index (χ1) is 30.0. The molecule has 0 aliphatic rings. The highest BCUT2D eigenvalue weighted by atomic mass is 16.5. The van der Waals surface area contributed by atoms with Gasteiger partial charge in [-0.15, -0.1) is 0 Å². The van der Waals surface area contributed by atoms with Crippen LogP contribution in [0, 0.1) is 5.92 Å². The summed E-state index contributed by atoms with van der Waals surface area (Å²) in [7, 11) is 0. The minimum Gasteiger partial charge on any atom is -0.481 e. The van der Waals surface area contributed by atoms with Gasteiger partial charge in [-0.3, -0.25) is 33.6 Å². The summed E-state index contributed by atoms with van der Waals surface area (Å²) in [5.74, 6) is -3.06. The Hall–Kier alpha value is -3.51. The summed E-state index contributed by atoms with van der Waals surface area (Å²) in [6, 6.07) is -0.852. The number of unbranched alkanes of at least 4 members (excludes halogenated alkanes) is 14. The number of Topliss-reactive ketones (excluding diaryl/α,β-unsaturated/α-hetero) is 2. The number of ketones is 2. The fraction of sp³-hybridized carbons (Fsp3) is 0.844. The van der Waals surface area contributed by atoms with E-state index in [1.54, 1.807) is 0 Å². The minimum absolute atomic E-state index is 0.0336. The Labute approximate surface area is 369 Å². The Balaban J connectivity index is 3.83. The number of aliphatic carboxylic acids is 2. The summed E-state index contributed by atoms with van der Waals surface area (Å²) in [5.41, 5.74) is 0. The lowest BCUT2D eigenvalue weighted by atomic mass is 9.95. The molecule has 0 rings (SSSR count). The molecule has 0 fully saturated rings. The minimum atomic E-state index is -1.03. The van der Waals surface area contributed by atoms with E-state index in [1.807, 2.05) is 6.92 Å². The quantitative estimate of drug-likeness (QED) is 0.0437. The molecule has 0 aromatic carbocycles. The number of carboxylic acids is 2. The van der Waals surface area contributed by atoms with Crippen LogP contribution in [-0.4, -0.2) is 135 Å². The number of hydrogen-bond acceptors (Lipinski definition) is 12. The molecule has 0 spiro atoms. The number of aliphatic hydroxyl groups excluding tert-OH is 1. The standard InChI is InChI=1S/C45H81N3O14/c1-2-37(40(51)34-49)20-17-18-26-46-42(53)35-62-33-31-60-29-27-47-43(54)36-61-32-30-59-28-19-21-39(50)38(24-25-45(57)58)48-41(52)22-15-13-11-9-7-5-3-4-6-8-10-12-14-16-23-44(55)56/h37-38,49H,2-36H2,1H3,(H,46,53)(H,47,54)(H,48,52)(H,55,56)(H,57,58)/t37-,38-/m0/s1. The van der Waals surface area contributed by atoms with E-state index in [1.165, 1.54) is 44.9 Å². The fourth-order valence-electron chi connectivity index (χ4n) is 6.65. The van der Waals surface area contributed by atoms with Crippen molar-refractivity contribution in [1.29, 1.82) is 0 Å². The molecule has 0 radical (unpaired) electrons. The largest absolute Gasteiger partial charge is 0.481 e. The van der Waals surface area contributed by atoms with Crippen molar-refractivity contribution in [3.8, 4) is 0 Å². The SMILES string of the molecule is CC[C@@H](CCCCNC(=O)COCCOCCNC(=O)COCCOCCCC(=O)[C@H](CCC(=O)O)NC(=O)CCCCCCCCCCCCCCCCC(=O)O)C(=O)CO. The van der Waals surface area contributed by atoms with E-state index in [-0.39, 0.29) is 120 Å². The molecule has 0 aromatic rings. The van der Waals surface area contributed by atoms with Gasteiger partial charge in [-0.05, 0) is 44.9 Å². The van der Waals surface area contributed by atoms with Gasteiger partial charge in [-0.25, -0.2) is 0 Å². The lowest BCUT2D eigenvalue weighted by Gasteiger charge is -2.17. The van der Waals surface area contributed by atoms with Gasteiger partial charge in [0.25, 0.3) is 0 Å². The van der Waals surface area contributed by atoms with Crippen LogP contribution in [-0.2, 0) is 52.5 Å². The Kier molecular flexibility index (Phi) is 40.4. The van der Waals surface area contributed by atoms with Crippen LogP contribution in [0.25, 0.3) is 0 Å². The summed E-state index contributed by atoms with van der Waals surface area (Å²) in [4.78, 5) is 82.5. The van der Waals surface area contributed by atoms with Gasteiger partial charge in [0.1, 0.15) is 19.8 Å². The predicted molar refractivity (Wildman–Crippen MR) is 234 cm³/mol. The van der Waals surface area contributed by atoms with E-state index in [9.17, 15) is 33.6 Å². The number of aliphatic hydroxyl groups is 1. The molecule has 62 heavy (non-hydrogen) atoms. The van der Waals surface area contributed by atoms with Crippen molar-refractivity contribution >= 4 is 41.2 Å². The molecule has 0 heterocycles. The molecule has 0 aliphatic heterocycles. The molecule has 0 aliphatic carbocycles. The zero-order valence-electron chi connectivity index (χ0n) is 37.7. The highest BCUT2D eigenvalue weighted by Gasteiger charge is 2.21. The third-order valence-corrected chi connectivity index (χ3v) is 10.3. The number of ether oxygens (including phenoxy) is 4. The molecule has 6 N–H and O–H groups in total. The molecule has 0 saturated heterocycles. The Bertz CT molecular complexity index is 1200. The van der Waals surface area contributed by atoms with Gasteiger partial charge < -0.3 is 50.2 Å². The number of carboxylic acid groups (broad SMARTS) is 2. The summed E-state index contributed by atoms with van der Waals surface area (Å²) in [6.07, 6.45) is 18.9. The summed E-state index contributed by atoms with van der Waals surface area (Å²) in [5, 5.41) is 34.9. The lowest BCUT2D eigenvalue weighted by Crippen LogP contribution is -2.41. The van der Waals surface area contributed by atoms with Crippen LogP contribution in [0.15, 0.2) is 0 Å². The van der Waals surface area contributed by atoms with Crippen LogP contribution < -0.4 is 16.0 Å². The molecule has 360 valence electrons. The molecule has 2 atom stereocenters. The van der Waals surface area contributed by atoms with E-state index in [2.05, 4.69) is 16.0 Å². The second-order valence-corrected chi connectivity index (χ2v) is 15.7. The molecule has 0 saturated carbocycles. The second-order valence-electron chi connectivity index (χ2n) is 15.7. The number of nitrogens with one attached hydrogen (secondary N) is 3. The highest BCUT2D eigenvalue weighted by molar-refractivity contribution is 5.89. The number of carbonyl (C=O) groups excluding carboxylic acids is 5. The zero-order valence-corrected chi connectivity index (χ0v) is 37.7. The first kappa shape index (κ1) is 58.5. The first-order valence-corrected chi connectivity index (χ1v) is 23.2. The van der Waals surface area contributed by atoms with Crippen LogP contribution in [0.3, 0.4) is 0 Å². The lowest BCUT2D eigenvalue weighted by molar-refractivity contribution is -0.138. The van der Waals surface area contributed by atoms with Gasteiger partial charge in [0.05, 0.1) is 39.1 Å². The molecule has 0 aromatic heterocycles. The van der Waals surface area contributed by atoms with Gasteiger partial charge in [-0.1, -0.05) is 90.4 Å². The molecule has 3 amide bonds. The van der Waals surface area contributed by atoms with E-state index in [0.717, 1.165) is 51.4 Å². The molecule has 0 bridgehead atoms. The van der Waals surface area contributed by atoms with Crippen molar-refractivity contribution in [2.45, 2.75) is 167 Å². The summed E-state index contributed by atoms with van der Waals surface area (Å²) < 4.78 is 21.5. The van der Waals surface area contributed by atoms with Gasteiger partial charge in [-0.2, -0.15) is 0 Å². The van der Waals surface area contributed by atoms with Crippen LogP contribution in [0.1, 0.15) is 161 Å². The topological polar surface area (TPSA) is 253 Å². The van der Waals surface area contributed by atoms with Crippen molar-refractivity contribution in [3.63, 3.8) is 0 Å². The van der Waals surface area contributed by atoms with Crippen molar-refractivity contribution in [1.82, 2.24) is 16.0 Å². The molecule has 17 nitrogen and oxygen atoms in total. The number of hydrogen-bond donors (Lipinski definition) is 6. The molecular weight excluding hydrogens is 807 g/mol. The average Bonchev–Trinajstić information content (AvgIpc) is 3.24. The monoisotopic (exact) mass is 888 g/mol.